The molecule has 7 heteroatoms. The van der Waals surface area contributed by atoms with Gasteiger partial charge in [0.1, 0.15) is 0 Å². The van der Waals surface area contributed by atoms with Gasteiger partial charge in [-0.2, -0.15) is 0 Å². The number of pyridine rings is 1. The van der Waals surface area contributed by atoms with Crippen molar-refractivity contribution in [3.8, 4) is 11.6 Å². The number of aryl methyl sites for hydroxylation is 1. The third-order valence-corrected chi connectivity index (χ3v) is 2.87. The lowest BCUT2D eigenvalue weighted by Crippen LogP contribution is -1.99. The van der Waals surface area contributed by atoms with Gasteiger partial charge in [-0.1, -0.05) is 12.1 Å². The van der Waals surface area contributed by atoms with E-state index in [-0.39, 0.29) is 17.3 Å². The number of anilines is 1. The number of nitro groups is 1. The van der Waals surface area contributed by atoms with Crippen molar-refractivity contribution in [2.45, 2.75) is 6.92 Å². The van der Waals surface area contributed by atoms with E-state index in [2.05, 4.69) is 20.9 Å². The second-order valence-electron chi connectivity index (χ2n) is 3.83. The maximum absolute atomic E-state index is 11.0. The molecule has 0 bridgehead atoms. The summed E-state index contributed by atoms with van der Waals surface area (Å²) >= 11 is 3.23. The number of nitrogens with zero attached hydrogens (tertiary/aromatic N) is 2. The number of rotatable bonds is 3. The highest BCUT2D eigenvalue weighted by Crippen LogP contribution is 2.35. The lowest BCUT2D eigenvalue weighted by molar-refractivity contribution is -0.385. The zero-order chi connectivity index (χ0) is 14.0. The summed E-state index contributed by atoms with van der Waals surface area (Å²) in [5.41, 5.74) is 6.57. The minimum Gasteiger partial charge on any atom is -0.429 e. The molecule has 6 nitrogen and oxygen atoms in total. The molecule has 0 saturated heterocycles. The van der Waals surface area contributed by atoms with E-state index in [1.165, 1.54) is 12.3 Å². The van der Waals surface area contributed by atoms with Gasteiger partial charge in [-0.25, -0.2) is 4.98 Å². The molecule has 2 rings (SSSR count). The second-order valence-corrected chi connectivity index (χ2v) is 4.75. The van der Waals surface area contributed by atoms with Crippen LogP contribution in [0.4, 0.5) is 11.4 Å². The van der Waals surface area contributed by atoms with Crippen molar-refractivity contribution in [3.63, 3.8) is 0 Å². The quantitative estimate of drug-likeness (QED) is 0.690. The van der Waals surface area contributed by atoms with E-state index in [1.807, 2.05) is 0 Å². The Balaban J connectivity index is 2.46. The first-order chi connectivity index (χ1) is 8.99. The number of nitrogens with two attached hydrogens (primary N) is 1. The largest absolute Gasteiger partial charge is 0.429 e. The van der Waals surface area contributed by atoms with E-state index in [0.29, 0.717) is 15.7 Å². The van der Waals surface area contributed by atoms with Crippen molar-refractivity contribution in [2.75, 3.05) is 5.73 Å². The minimum absolute atomic E-state index is 0.121. The molecule has 1 aromatic carbocycles. The molecule has 19 heavy (non-hydrogen) atoms. The maximum Gasteiger partial charge on any atom is 0.311 e. The fourth-order valence-electron chi connectivity index (χ4n) is 1.54. The minimum atomic E-state index is -0.503. The summed E-state index contributed by atoms with van der Waals surface area (Å²) in [4.78, 5) is 14.5. The maximum atomic E-state index is 11.0. The van der Waals surface area contributed by atoms with Gasteiger partial charge in [0.15, 0.2) is 0 Å². The van der Waals surface area contributed by atoms with Crippen LogP contribution in [0.15, 0.2) is 34.9 Å². The number of halogens is 1. The zero-order valence-electron chi connectivity index (χ0n) is 9.96. The van der Waals surface area contributed by atoms with Gasteiger partial charge in [-0.15, -0.1) is 0 Å². The molecule has 0 fully saturated rings. The molecule has 98 valence electrons. The summed E-state index contributed by atoms with van der Waals surface area (Å²) < 4.78 is 6.19. The van der Waals surface area contributed by atoms with Gasteiger partial charge < -0.3 is 10.5 Å². The molecule has 2 aromatic rings. The van der Waals surface area contributed by atoms with Crippen LogP contribution in [-0.2, 0) is 0 Å². The molecule has 0 saturated carbocycles. The third-order valence-electron chi connectivity index (χ3n) is 2.43. The summed E-state index contributed by atoms with van der Waals surface area (Å²) in [5, 5.41) is 11.0. The molecule has 0 radical (unpaired) electrons. The highest BCUT2D eigenvalue weighted by molar-refractivity contribution is 9.10. The smallest absolute Gasteiger partial charge is 0.311 e. The Morgan fingerprint density at radius 3 is 2.84 bits per heavy atom. The Kier molecular flexibility index (Phi) is 3.66. The summed E-state index contributed by atoms with van der Waals surface area (Å²) in [5.74, 6) is 0.287. The van der Waals surface area contributed by atoms with Gasteiger partial charge in [0.25, 0.3) is 0 Å². The summed E-state index contributed by atoms with van der Waals surface area (Å²) in [6.07, 6.45) is 1.51. The Bertz CT molecular complexity index is 646. The fraction of sp³-hybridized carbons (Fsp3) is 0.0833. The molecule has 1 aromatic heterocycles. The predicted octanol–water partition coefficient (Wildman–Crippen LogP) is 3.44. The van der Waals surface area contributed by atoms with Crippen molar-refractivity contribution >= 4 is 27.3 Å². The fourth-order valence-corrected chi connectivity index (χ4v) is 1.89. The van der Waals surface area contributed by atoms with Crippen LogP contribution < -0.4 is 10.5 Å². The van der Waals surface area contributed by atoms with E-state index < -0.39 is 4.92 Å². The number of aromatic nitrogens is 1. The Labute approximate surface area is 117 Å². The molecule has 0 aliphatic carbocycles. The van der Waals surface area contributed by atoms with Crippen LogP contribution in [0.3, 0.4) is 0 Å². The zero-order valence-corrected chi connectivity index (χ0v) is 11.5. The first-order valence-corrected chi connectivity index (χ1v) is 6.11. The third kappa shape index (κ3) is 2.82. The molecule has 2 N–H and O–H groups in total. The van der Waals surface area contributed by atoms with Gasteiger partial charge in [0.2, 0.25) is 11.6 Å². The average Bonchev–Trinajstić information content (AvgIpc) is 2.34. The molecule has 0 unspecified atom stereocenters. The number of benzene rings is 1. The van der Waals surface area contributed by atoms with Crippen molar-refractivity contribution in [1.29, 1.82) is 0 Å². The standard InChI is InChI=1S/C12H10BrN3O3/c1-7-3-2-4-10(16(17)18)11(7)19-12-9(14)5-8(13)6-15-12/h2-6H,14H2,1H3. The highest BCUT2D eigenvalue weighted by atomic mass is 79.9. The predicted molar refractivity (Wildman–Crippen MR) is 74.3 cm³/mol. The van der Waals surface area contributed by atoms with Crippen LogP contribution in [0.1, 0.15) is 5.56 Å². The van der Waals surface area contributed by atoms with Crippen molar-refractivity contribution < 1.29 is 9.66 Å². The van der Waals surface area contributed by atoms with Crippen LogP contribution in [0.5, 0.6) is 11.6 Å². The van der Waals surface area contributed by atoms with Crippen LogP contribution >= 0.6 is 15.9 Å². The Morgan fingerprint density at radius 2 is 2.21 bits per heavy atom. The summed E-state index contributed by atoms with van der Waals surface area (Å²) in [7, 11) is 0. The molecule has 0 aliphatic heterocycles. The SMILES string of the molecule is Cc1cccc([N+](=O)[O-])c1Oc1ncc(Br)cc1N. The molecule has 0 atom stereocenters. The van der Waals surface area contributed by atoms with Crippen LogP contribution in [0.2, 0.25) is 0 Å². The molecule has 0 aliphatic rings. The first kappa shape index (κ1) is 13.3. The normalized spacial score (nSPS) is 10.2. The average molecular weight is 324 g/mol. The molecule has 0 amide bonds. The number of hydrogen-bond donors (Lipinski definition) is 1. The number of nitro benzene ring substituents is 1. The highest BCUT2D eigenvalue weighted by Gasteiger charge is 2.19. The van der Waals surface area contributed by atoms with E-state index in [9.17, 15) is 10.1 Å². The monoisotopic (exact) mass is 323 g/mol. The van der Waals surface area contributed by atoms with Crippen LogP contribution in [0, 0.1) is 17.0 Å². The lowest BCUT2D eigenvalue weighted by Gasteiger charge is -2.09. The van der Waals surface area contributed by atoms with E-state index in [1.54, 1.807) is 25.1 Å². The van der Waals surface area contributed by atoms with Crippen molar-refractivity contribution in [1.82, 2.24) is 4.98 Å². The Morgan fingerprint density at radius 1 is 1.47 bits per heavy atom. The molecule has 1 heterocycles. The van der Waals surface area contributed by atoms with Crippen molar-refractivity contribution in [3.05, 3.63) is 50.6 Å². The van der Waals surface area contributed by atoms with E-state index in [0.717, 1.165) is 0 Å². The van der Waals surface area contributed by atoms with Crippen LogP contribution in [-0.4, -0.2) is 9.91 Å². The number of para-hydroxylation sites is 1. The van der Waals surface area contributed by atoms with Gasteiger partial charge in [-0.3, -0.25) is 10.1 Å². The van der Waals surface area contributed by atoms with Gasteiger partial charge >= 0.3 is 5.69 Å². The lowest BCUT2D eigenvalue weighted by atomic mass is 10.2. The number of nitrogen functional groups attached to an aromatic ring is 1. The first-order valence-electron chi connectivity index (χ1n) is 5.32. The number of ether oxygens (including phenoxy) is 1. The molecular weight excluding hydrogens is 314 g/mol. The van der Waals surface area contributed by atoms with Gasteiger partial charge in [0, 0.05) is 16.7 Å². The van der Waals surface area contributed by atoms with E-state index in [4.69, 9.17) is 10.5 Å². The summed E-state index contributed by atoms with van der Waals surface area (Å²) in [6, 6.07) is 6.31. The van der Waals surface area contributed by atoms with Gasteiger partial charge in [0.05, 0.1) is 10.6 Å². The van der Waals surface area contributed by atoms with Crippen LogP contribution in [0.25, 0.3) is 0 Å². The van der Waals surface area contributed by atoms with Gasteiger partial charge in [-0.05, 0) is 34.5 Å². The van der Waals surface area contributed by atoms with E-state index >= 15 is 0 Å². The topological polar surface area (TPSA) is 91.3 Å². The molecule has 0 spiro atoms. The summed E-state index contributed by atoms with van der Waals surface area (Å²) in [6.45, 7) is 1.72. The van der Waals surface area contributed by atoms with Crippen molar-refractivity contribution in [2.24, 2.45) is 0 Å². The second kappa shape index (κ2) is 5.23. The Hall–Kier alpha value is -2.15. The molecular formula is C12H10BrN3O3. The number of hydrogen-bond acceptors (Lipinski definition) is 5.